The molecule has 1 rings (SSSR count). The van der Waals surface area contributed by atoms with E-state index in [-0.39, 0.29) is 19.3 Å². The van der Waals surface area contributed by atoms with E-state index in [4.69, 9.17) is 14.9 Å². The Kier molecular flexibility index (Phi) is 7.11. The summed E-state index contributed by atoms with van der Waals surface area (Å²) in [6, 6.07) is 0. The first-order chi connectivity index (χ1) is 8.59. The molecular weight excluding hydrogens is 234 g/mol. The number of hydrogen-bond donors (Lipinski definition) is 4. The summed E-state index contributed by atoms with van der Waals surface area (Å²) in [5.41, 5.74) is -0.744. The van der Waals surface area contributed by atoms with Gasteiger partial charge in [-0.3, -0.25) is 0 Å². The minimum Gasteiger partial charge on any atom is -0.394 e. The van der Waals surface area contributed by atoms with E-state index in [9.17, 15) is 5.11 Å². The lowest BCUT2D eigenvalue weighted by Crippen LogP contribution is -2.52. The topological polar surface area (TPSA) is 82.0 Å². The van der Waals surface area contributed by atoms with E-state index in [2.05, 4.69) is 5.32 Å². The van der Waals surface area contributed by atoms with E-state index in [1.165, 1.54) is 19.3 Å². The lowest BCUT2D eigenvalue weighted by Gasteiger charge is -2.28. The summed E-state index contributed by atoms with van der Waals surface area (Å²) >= 11 is 0. The van der Waals surface area contributed by atoms with E-state index in [1.807, 2.05) is 0 Å². The minimum atomic E-state index is -0.744. The molecule has 0 amide bonds. The van der Waals surface area contributed by atoms with Gasteiger partial charge in [0.2, 0.25) is 0 Å². The molecule has 1 atom stereocenters. The third-order valence-corrected chi connectivity index (χ3v) is 3.54. The SMILES string of the molecule is CC(CO)(CO)NCC(O)COC1CCCCC1. The zero-order valence-electron chi connectivity index (χ0n) is 11.3. The number of ether oxygens (including phenoxy) is 1. The number of hydrogen-bond acceptors (Lipinski definition) is 5. The van der Waals surface area contributed by atoms with Gasteiger partial charge >= 0.3 is 0 Å². The fraction of sp³-hybridized carbons (Fsp3) is 1.00. The Balaban J connectivity index is 2.14. The highest BCUT2D eigenvalue weighted by atomic mass is 16.5. The highest BCUT2D eigenvalue weighted by Crippen LogP contribution is 2.20. The second kappa shape index (κ2) is 8.07. The van der Waals surface area contributed by atoms with Crippen LogP contribution < -0.4 is 5.32 Å². The lowest BCUT2D eigenvalue weighted by atomic mass is 9.98. The fourth-order valence-electron chi connectivity index (χ4n) is 2.06. The summed E-state index contributed by atoms with van der Waals surface area (Å²) in [6.45, 7) is 2.00. The summed E-state index contributed by atoms with van der Waals surface area (Å²) in [5.74, 6) is 0. The first-order valence-electron chi connectivity index (χ1n) is 6.86. The lowest BCUT2D eigenvalue weighted by molar-refractivity contribution is -0.0270. The highest BCUT2D eigenvalue weighted by Gasteiger charge is 2.23. The van der Waals surface area contributed by atoms with Gasteiger partial charge in [0, 0.05) is 6.54 Å². The number of rotatable bonds is 8. The molecule has 108 valence electrons. The molecule has 0 aromatic carbocycles. The molecule has 0 aromatic heterocycles. The van der Waals surface area contributed by atoms with Crippen molar-refractivity contribution in [2.45, 2.75) is 56.8 Å². The molecule has 0 spiro atoms. The second-order valence-electron chi connectivity index (χ2n) is 5.50. The Morgan fingerprint density at radius 2 is 1.83 bits per heavy atom. The van der Waals surface area contributed by atoms with E-state index in [0.29, 0.717) is 13.2 Å². The average Bonchev–Trinajstić information content (AvgIpc) is 2.43. The Hall–Kier alpha value is -0.200. The highest BCUT2D eigenvalue weighted by molar-refractivity contribution is 4.82. The molecule has 4 N–H and O–H groups in total. The molecule has 1 unspecified atom stereocenters. The molecule has 0 aliphatic heterocycles. The monoisotopic (exact) mass is 261 g/mol. The maximum absolute atomic E-state index is 9.78. The van der Waals surface area contributed by atoms with Crippen molar-refractivity contribution in [3.8, 4) is 0 Å². The summed E-state index contributed by atoms with van der Waals surface area (Å²) < 4.78 is 5.66. The van der Waals surface area contributed by atoms with Crippen LogP contribution in [0.1, 0.15) is 39.0 Å². The number of β-amino-alcohol motifs (C(OH)–C–C–N with tert-alkyl or cyclic N) is 1. The van der Waals surface area contributed by atoms with Crippen molar-refractivity contribution in [3.63, 3.8) is 0 Å². The van der Waals surface area contributed by atoms with E-state index in [0.717, 1.165) is 12.8 Å². The van der Waals surface area contributed by atoms with Gasteiger partial charge in [-0.25, -0.2) is 0 Å². The van der Waals surface area contributed by atoms with Gasteiger partial charge in [-0.2, -0.15) is 0 Å². The predicted molar refractivity (Wildman–Crippen MR) is 69.4 cm³/mol. The molecule has 1 aliphatic rings. The zero-order valence-corrected chi connectivity index (χ0v) is 11.3. The van der Waals surface area contributed by atoms with Crippen LogP contribution in [0.15, 0.2) is 0 Å². The van der Waals surface area contributed by atoms with Crippen molar-refractivity contribution in [2.24, 2.45) is 0 Å². The Morgan fingerprint density at radius 3 is 2.39 bits per heavy atom. The van der Waals surface area contributed by atoms with Crippen molar-refractivity contribution in [1.82, 2.24) is 5.32 Å². The fourth-order valence-corrected chi connectivity index (χ4v) is 2.06. The summed E-state index contributed by atoms with van der Waals surface area (Å²) in [4.78, 5) is 0. The standard InChI is InChI=1S/C13H27NO4/c1-13(9-15,10-16)14-7-11(17)8-18-12-5-3-2-4-6-12/h11-12,14-17H,2-10H2,1H3. The quantitative estimate of drug-likeness (QED) is 0.495. The maximum atomic E-state index is 9.78. The molecule has 0 radical (unpaired) electrons. The Morgan fingerprint density at radius 1 is 1.22 bits per heavy atom. The van der Waals surface area contributed by atoms with Gasteiger partial charge in [-0.15, -0.1) is 0 Å². The van der Waals surface area contributed by atoms with E-state index >= 15 is 0 Å². The number of nitrogens with one attached hydrogen (secondary N) is 1. The first-order valence-corrected chi connectivity index (χ1v) is 6.86. The van der Waals surface area contributed by atoms with E-state index in [1.54, 1.807) is 6.92 Å². The molecule has 0 saturated heterocycles. The van der Waals surface area contributed by atoms with Crippen LogP contribution in [0.2, 0.25) is 0 Å². The van der Waals surface area contributed by atoms with Crippen LogP contribution in [0.25, 0.3) is 0 Å². The van der Waals surface area contributed by atoms with Crippen LogP contribution >= 0.6 is 0 Å². The van der Waals surface area contributed by atoms with Crippen LogP contribution in [0.4, 0.5) is 0 Å². The third-order valence-electron chi connectivity index (χ3n) is 3.54. The van der Waals surface area contributed by atoms with Crippen molar-refractivity contribution in [2.75, 3.05) is 26.4 Å². The van der Waals surface area contributed by atoms with Crippen LogP contribution in [0.5, 0.6) is 0 Å². The summed E-state index contributed by atoms with van der Waals surface area (Å²) in [6.07, 6.45) is 5.57. The second-order valence-corrected chi connectivity index (χ2v) is 5.50. The first kappa shape index (κ1) is 15.9. The summed E-state index contributed by atoms with van der Waals surface area (Å²) in [7, 11) is 0. The molecule has 1 saturated carbocycles. The van der Waals surface area contributed by atoms with Crippen molar-refractivity contribution >= 4 is 0 Å². The van der Waals surface area contributed by atoms with Crippen molar-refractivity contribution in [3.05, 3.63) is 0 Å². The molecule has 0 aromatic rings. The smallest absolute Gasteiger partial charge is 0.0898 e. The van der Waals surface area contributed by atoms with Crippen LogP contribution in [0, 0.1) is 0 Å². The molecule has 18 heavy (non-hydrogen) atoms. The van der Waals surface area contributed by atoms with Gasteiger partial charge in [-0.05, 0) is 19.8 Å². The molecule has 5 heteroatoms. The van der Waals surface area contributed by atoms with Gasteiger partial charge in [0.1, 0.15) is 0 Å². The molecule has 1 fully saturated rings. The zero-order chi connectivity index (χ0) is 13.4. The van der Waals surface area contributed by atoms with Gasteiger partial charge in [0.05, 0.1) is 37.6 Å². The molecule has 0 bridgehead atoms. The largest absolute Gasteiger partial charge is 0.394 e. The normalized spacial score (nSPS) is 20.0. The van der Waals surface area contributed by atoms with Crippen molar-refractivity contribution in [1.29, 1.82) is 0 Å². The Bertz CT molecular complexity index is 215. The minimum absolute atomic E-state index is 0.167. The van der Waals surface area contributed by atoms with Crippen molar-refractivity contribution < 1.29 is 20.1 Å². The molecule has 0 heterocycles. The predicted octanol–water partition coefficient (Wildman–Crippen LogP) is 0.0295. The Labute approximate surface area is 109 Å². The van der Waals surface area contributed by atoms with Gasteiger partial charge < -0.3 is 25.4 Å². The van der Waals surface area contributed by atoms with E-state index < -0.39 is 11.6 Å². The average molecular weight is 261 g/mol. The van der Waals surface area contributed by atoms with Crippen LogP contribution in [0.3, 0.4) is 0 Å². The van der Waals surface area contributed by atoms with Gasteiger partial charge in [0.25, 0.3) is 0 Å². The van der Waals surface area contributed by atoms with Gasteiger partial charge in [-0.1, -0.05) is 19.3 Å². The third kappa shape index (κ3) is 5.63. The van der Waals surface area contributed by atoms with Crippen LogP contribution in [-0.4, -0.2) is 59.4 Å². The van der Waals surface area contributed by atoms with Crippen LogP contribution in [-0.2, 0) is 4.74 Å². The molecule has 5 nitrogen and oxygen atoms in total. The molecule has 1 aliphatic carbocycles. The maximum Gasteiger partial charge on any atom is 0.0898 e. The van der Waals surface area contributed by atoms with Gasteiger partial charge in [0.15, 0.2) is 0 Å². The molecular formula is C13H27NO4. The number of aliphatic hydroxyl groups excluding tert-OH is 3. The summed E-state index contributed by atoms with van der Waals surface area (Å²) in [5, 5.41) is 30.9. The number of aliphatic hydroxyl groups is 3.